The summed E-state index contributed by atoms with van der Waals surface area (Å²) >= 11 is 3.46. The number of hydrogen-bond acceptors (Lipinski definition) is 7. The van der Waals surface area contributed by atoms with Crippen LogP contribution in [0.15, 0.2) is 160 Å². The van der Waals surface area contributed by atoms with Crippen LogP contribution in [0, 0.1) is 0 Å². The molecule has 0 saturated carbocycles. The molecule has 8 aromatic rings. The van der Waals surface area contributed by atoms with Gasteiger partial charge in [-0.05, 0) is 71.8 Å². The van der Waals surface area contributed by atoms with Crippen LogP contribution in [0.1, 0.15) is 11.1 Å². The van der Waals surface area contributed by atoms with E-state index >= 15 is 0 Å². The molecular weight excluding hydrogens is 742 g/mol. The van der Waals surface area contributed by atoms with Crippen molar-refractivity contribution in [3.63, 3.8) is 0 Å². The van der Waals surface area contributed by atoms with Crippen molar-refractivity contribution in [2.24, 2.45) is 0 Å². The first-order chi connectivity index (χ1) is 26.3. The third-order valence-electron chi connectivity index (χ3n) is 9.02. The Balaban J connectivity index is 0.000000167. The van der Waals surface area contributed by atoms with E-state index in [9.17, 15) is 9.59 Å². The minimum Gasteiger partial charge on any atom is -0.497 e. The van der Waals surface area contributed by atoms with Crippen LogP contribution in [0.25, 0.3) is 44.1 Å². The van der Waals surface area contributed by atoms with E-state index in [0.717, 1.165) is 60.4 Å². The first-order valence-electron chi connectivity index (χ1n) is 17.2. The van der Waals surface area contributed by atoms with Gasteiger partial charge in [-0.15, -0.1) is 0 Å². The van der Waals surface area contributed by atoms with Gasteiger partial charge in [-0.3, -0.25) is 9.59 Å². The Bertz CT molecular complexity index is 2490. The number of halogens is 1. The molecule has 0 amide bonds. The van der Waals surface area contributed by atoms with Gasteiger partial charge in [0, 0.05) is 32.1 Å². The van der Waals surface area contributed by atoms with Gasteiger partial charge >= 0.3 is 0 Å². The topological polar surface area (TPSA) is 114 Å². The van der Waals surface area contributed by atoms with E-state index in [-0.39, 0.29) is 11.1 Å². The normalized spacial score (nSPS) is 10.9. The molecular formula is C44H36BrN5O4. The summed E-state index contributed by atoms with van der Waals surface area (Å²) < 4.78 is 14.4. The van der Waals surface area contributed by atoms with Gasteiger partial charge in [-0.2, -0.15) is 10.2 Å². The second-order valence-electron chi connectivity index (χ2n) is 12.5. The number of rotatable bonds is 8. The fraction of sp³-hybridized carbons (Fsp3) is 0.0909. The maximum Gasteiger partial charge on any atom is 0.274 e. The summed E-state index contributed by atoms with van der Waals surface area (Å²) in [6.07, 6.45) is 0. The van der Waals surface area contributed by atoms with Crippen molar-refractivity contribution in [1.82, 2.24) is 19.6 Å². The van der Waals surface area contributed by atoms with Crippen LogP contribution in [0.4, 0.5) is 5.69 Å². The van der Waals surface area contributed by atoms with Crippen LogP contribution in [-0.4, -0.2) is 33.8 Å². The van der Waals surface area contributed by atoms with Crippen LogP contribution < -0.4 is 26.3 Å². The van der Waals surface area contributed by atoms with Crippen LogP contribution >= 0.6 is 15.9 Å². The minimum atomic E-state index is -0.111. The van der Waals surface area contributed by atoms with E-state index in [0.29, 0.717) is 29.5 Å². The van der Waals surface area contributed by atoms with Gasteiger partial charge < -0.3 is 15.2 Å². The number of ether oxygens (including phenoxy) is 2. The van der Waals surface area contributed by atoms with E-state index in [4.69, 9.17) is 20.3 Å². The number of methoxy groups -OCH3 is 2. The molecule has 0 saturated heterocycles. The van der Waals surface area contributed by atoms with Gasteiger partial charge in [0.15, 0.2) is 0 Å². The molecule has 0 spiro atoms. The van der Waals surface area contributed by atoms with Crippen molar-refractivity contribution in [2.45, 2.75) is 13.1 Å². The number of hydrogen-bond donors (Lipinski definition) is 1. The second-order valence-corrected chi connectivity index (χ2v) is 13.5. The van der Waals surface area contributed by atoms with E-state index < -0.39 is 0 Å². The van der Waals surface area contributed by atoms with Crippen LogP contribution in [0.5, 0.6) is 11.5 Å². The lowest BCUT2D eigenvalue weighted by Crippen LogP contribution is -2.24. The van der Waals surface area contributed by atoms with Crippen LogP contribution in [-0.2, 0) is 13.1 Å². The molecule has 0 aliphatic carbocycles. The lowest BCUT2D eigenvalue weighted by molar-refractivity contribution is 0.414. The zero-order valence-electron chi connectivity index (χ0n) is 29.6. The minimum absolute atomic E-state index is 0.0951. The molecule has 0 fully saturated rings. The molecule has 8 rings (SSSR count). The van der Waals surface area contributed by atoms with Crippen molar-refractivity contribution in [3.05, 3.63) is 182 Å². The maximum atomic E-state index is 13.0. The van der Waals surface area contributed by atoms with Crippen LogP contribution in [0.3, 0.4) is 0 Å². The zero-order chi connectivity index (χ0) is 37.6. The highest BCUT2D eigenvalue weighted by Crippen LogP contribution is 2.27. The van der Waals surface area contributed by atoms with Crippen molar-refractivity contribution >= 4 is 43.2 Å². The third kappa shape index (κ3) is 7.79. The summed E-state index contributed by atoms with van der Waals surface area (Å²) in [7, 11) is 3.26. The summed E-state index contributed by atoms with van der Waals surface area (Å²) in [5, 5.41) is 12.4. The molecule has 0 atom stereocenters. The Morgan fingerprint density at radius 1 is 0.519 bits per heavy atom. The molecule has 268 valence electrons. The van der Waals surface area contributed by atoms with E-state index in [1.165, 1.54) is 9.36 Å². The smallest absolute Gasteiger partial charge is 0.274 e. The lowest BCUT2D eigenvalue weighted by atomic mass is 10.0. The molecule has 2 N–H and O–H groups in total. The first kappa shape index (κ1) is 35.9. The SMILES string of the molecule is COc1ccc(Cn2nc(-c3ccc(Br)cc3)c3ccccc3c2=O)cc1.COc1ccc(Cn2nc(-c3ccc(N)cc3)c3ccccc3c2=O)cc1. The summed E-state index contributed by atoms with van der Waals surface area (Å²) in [4.78, 5) is 25.9. The number of nitrogens with zero attached hydrogens (tertiary/aromatic N) is 4. The predicted molar refractivity (Wildman–Crippen MR) is 219 cm³/mol. The van der Waals surface area contributed by atoms with Crippen molar-refractivity contribution < 1.29 is 9.47 Å². The first-order valence-corrected chi connectivity index (χ1v) is 18.0. The molecule has 6 aromatic carbocycles. The Hall–Kier alpha value is -6.52. The van der Waals surface area contributed by atoms with Gasteiger partial charge in [-0.25, -0.2) is 9.36 Å². The molecule has 0 radical (unpaired) electrons. The fourth-order valence-corrected chi connectivity index (χ4v) is 6.43. The molecule has 10 heteroatoms. The Kier molecular flexibility index (Phi) is 10.6. The van der Waals surface area contributed by atoms with Crippen molar-refractivity contribution in [1.29, 1.82) is 0 Å². The summed E-state index contributed by atoms with van der Waals surface area (Å²) in [6.45, 7) is 0.785. The van der Waals surface area contributed by atoms with Crippen LogP contribution in [0.2, 0.25) is 0 Å². The average Bonchev–Trinajstić information content (AvgIpc) is 3.21. The van der Waals surface area contributed by atoms with Gasteiger partial charge in [0.05, 0.1) is 49.5 Å². The second kappa shape index (κ2) is 16.0. The molecule has 0 unspecified atom stereocenters. The molecule has 2 aromatic heterocycles. The number of fused-ring (bicyclic) bond motifs is 2. The van der Waals surface area contributed by atoms with Gasteiger partial charge in [0.25, 0.3) is 11.1 Å². The molecule has 0 aliphatic rings. The van der Waals surface area contributed by atoms with Gasteiger partial charge in [0.1, 0.15) is 11.5 Å². The summed E-state index contributed by atoms with van der Waals surface area (Å²) in [6, 6.07) is 45.9. The molecule has 2 heterocycles. The molecule has 9 nitrogen and oxygen atoms in total. The maximum absolute atomic E-state index is 13.0. The largest absolute Gasteiger partial charge is 0.497 e. The Morgan fingerprint density at radius 3 is 1.28 bits per heavy atom. The quantitative estimate of drug-likeness (QED) is 0.154. The number of anilines is 1. The standard InChI is InChI=1S/C22H17BrN2O2.C22H19N3O2/c2*1-27-18-12-6-15(7-13-18)14-25-22(26)20-5-3-2-4-19(20)21(24-25)16-8-10-17(23)11-9-16/h2-13H,14H2,1H3;2-13H,14,23H2,1H3. The highest BCUT2D eigenvalue weighted by Gasteiger charge is 2.14. The molecule has 54 heavy (non-hydrogen) atoms. The molecule has 0 aliphatic heterocycles. The van der Waals surface area contributed by atoms with Gasteiger partial charge in [0.2, 0.25) is 0 Å². The van der Waals surface area contributed by atoms with E-state index in [1.807, 2.05) is 146 Å². The highest BCUT2D eigenvalue weighted by atomic mass is 79.9. The van der Waals surface area contributed by atoms with Crippen molar-refractivity contribution in [3.8, 4) is 34.0 Å². The van der Waals surface area contributed by atoms with E-state index in [2.05, 4.69) is 21.0 Å². The number of nitrogen functional groups attached to an aromatic ring is 1. The summed E-state index contributed by atoms with van der Waals surface area (Å²) in [5.41, 5.74) is 11.7. The molecule has 0 bridgehead atoms. The van der Waals surface area contributed by atoms with E-state index in [1.54, 1.807) is 14.2 Å². The predicted octanol–water partition coefficient (Wildman–Crippen LogP) is 8.59. The number of nitrogens with two attached hydrogens (primary N) is 1. The number of benzene rings is 6. The van der Waals surface area contributed by atoms with Crippen molar-refractivity contribution in [2.75, 3.05) is 20.0 Å². The average molecular weight is 779 g/mol. The lowest BCUT2D eigenvalue weighted by Gasteiger charge is -2.12. The number of aromatic nitrogens is 4. The fourth-order valence-electron chi connectivity index (χ4n) is 6.17. The Morgan fingerprint density at radius 2 is 0.889 bits per heavy atom. The van der Waals surface area contributed by atoms with Gasteiger partial charge in [-0.1, -0.05) is 101 Å². The zero-order valence-corrected chi connectivity index (χ0v) is 31.2. The monoisotopic (exact) mass is 777 g/mol. The third-order valence-corrected chi connectivity index (χ3v) is 9.55. The Labute approximate surface area is 320 Å². The highest BCUT2D eigenvalue weighted by molar-refractivity contribution is 9.10. The summed E-state index contributed by atoms with van der Waals surface area (Å²) in [5.74, 6) is 1.56.